The predicted octanol–water partition coefficient (Wildman–Crippen LogP) is 3.57. The van der Waals surface area contributed by atoms with Crippen molar-refractivity contribution in [3.63, 3.8) is 0 Å². The molecule has 3 atom stereocenters. The summed E-state index contributed by atoms with van der Waals surface area (Å²) in [5, 5.41) is 15.6. The van der Waals surface area contributed by atoms with E-state index in [0.29, 0.717) is 37.4 Å². The lowest BCUT2D eigenvalue weighted by Gasteiger charge is -2.38. The van der Waals surface area contributed by atoms with Crippen LogP contribution in [-0.4, -0.2) is 84.9 Å². The number of rotatable bonds is 7. The van der Waals surface area contributed by atoms with Crippen LogP contribution in [0.1, 0.15) is 37.0 Å². The zero-order chi connectivity index (χ0) is 28.8. The van der Waals surface area contributed by atoms with E-state index in [-0.39, 0.29) is 54.7 Å². The number of amides is 4. The first kappa shape index (κ1) is 29.3. The van der Waals surface area contributed by atoms with Crippen LogP contribution in [0.4, 0.5) is 20.6 Å². The SMILES string of the molecule is C[C@H]1CN([C@@H](C)CO)C(=O)c2cccc(NC(=O)C3CCOCC3)c2O[C@H]1CN(C)C(=O)Nc1ccc(F)cc1. The second-order valence-corrected chi connectivity index (χ2v) is 10.5. The Morgan fingerprint density at radius 1 is 1.15 bits per heavy atom. The highest BCUT2D eigenvalue weighted by Crippen LogP contribution is 2.35. The average Bonchev–Trinajstić information content (AvgIpc) is 2.96. The number of aliphatic hydroxyl groups is 1. The molecule has 1 saturated heterocycles. The number of benzene rings is 2. The van der Waals surface area contributed by atoms with Crippen molar-refractivity contribution in [2.24, 2.45) is 11.8 Å². The van der Waals surface area contributed by atoms with Crippen LogP contribution in [-0.2, 0) is 9.53 Å². The van der Waals surface area contributed by atoms with Crippen molar-refractivity contribution in [3.8, 4) is 5.75 Å². The number of carbonyl (C=O) groups is 3. The predicted molar refractivity (Wildman–Crippen MR) is 148 cm³/mol. The highest BCUT2D eigenvalue weighted by atomic mass is 19.1. The molecule has 3 N–H and O–H groups in total. The molecule has 11 heteroatoms. The number of anilines is 2. The molecule has 0 bridgehead atoms. The molecule has 0 saturated carbocycles. The van der Waals surface area contributed by atoms with E-state index in [0.717, 1.165) is 0 Å². The number of halogens is 1. The maximum absolute atomic E-state index is 13.6. The van der Waals surface area contributed by atoms with Gasteiger partial charge in [0.25, 0.3) is 5.91 Å². The summed E-state index contributed by atoms with van der Waals surface area (Å²) in [6.07, 6.45) is 0.650. The summed E-state index contributed by atoms with van der Waals surface area (Å²) < 4.78 is 25.1. The number of para-hydroxylation sites is 1. The summed E-state index contributed by atoms with van der Waals surface area (Å²) in [6, 6.07) is 9.61. The third-order valence-corrected chi connectivity index (χ3v) is 7.44. The third kappa shape index (κ3) is 6.89. The Labute approximate surface area is 233 Å². The zero-order valence-corrected chi connectivity index (χ0v) is 23.1. The first-order chi connectivity index (χ1) is 19.2. The lowest BCUT2D eigenvalue weighted by molar-refractivity contribution is -0.122. The van der Waals surface area contributed by atoms with Gasteiger partial charge in [-0.1, -0.05) is 13.0 Å². The smallest absolute Gasteiger partial charge is 0.321 e. The highest BCUT2D eigenvalue weighted by Gasteiger charge is 2.35. The Bertz CT molecular complexity index is 1200. The third-order valence-electron chi connectivity index (χ3n) is 7.44. The molecule has 2 aromatic carbocycles. The summed E-state index contributed by atoms with van der Waals surface area (Å²) in [5.41, 5.74) is 1.08. The number of hydrogen-bond acceptors (Lipinski definition) is 6. The van der Waals surface area contributed by atoms with Crippen LogP contribution < -0.4 is 15.4 Å². The Kier molecular flexibility index (Phi) is 9.59. The van der Waals surface area contributed by atoms with Gasteiger partial charge in [0.1, 0.15) is 11.9 Å². The quantitative estimate of drug-likeness (QED) is 0.480. The molecule has 1 fully saturated rings. The van der Waals surface area contributed by atoms with Gasteiger partial charge in [0.05, 0.1) is 30.4 Å². The van der Waals surface area contributed by atoms with Crippen molar-refractivity contribution < 1.29 is 33.4 Å². The summed E-state index contributed by atoms with van der Waals surface area (Å²) in [4.78, 5) is 42.7. The van der Waals surface area contributed by atoms with Crippen LogP contribution in [0.3, 0.4) is 0 Å². The second-order valence-electron chi connectivity index (χ2n) is 10.5. The van der Waals surface area contributed by atoms with E-state index >= 15 is 0 Å². The van der Waals surface area contributed by atoms with E-state index in [1.54, 1.807) is 37.1 Å². The minimum Gasteiger partial charge on any atom is -0.485 e. The maximum Gasteiger partial charge on any atom is 0.321 e. The van der Waals surface area contributed by atoms with Gasteiger partial charge in [0, 0.05) is 44.3 Å². The Balaban J connectivity index is 1.61. The van der Waals surface area contributed by atoms with Crippen LogP contribution >= 0.6 is 0 Å². The molecule has 4 amide bonds. The summed E-state index contributed by atoms with van der Waals surface area (Å²) >= 11 is 0. The number of fused-ring (bicyclic) bond motifs is 1. The fourth-order valence-electron chi connectivity index (χ4n) is 4.86. The van der Waals surface area contributed by atoms with Gasteiger partial charge in [0.2, 0.25) is 5.91 Å². The molecule has 10 nitrogen and oxygen atoms in total. The molecule has 0 aromatic heterocycles. The molecule has 2 aliphatic heterocycles. The zero-order valence-electron chi connectivity index (χ0n) is 23.1. The normalized spacial score (nSPS) is 20.4. The minimum atomic E-state index is -0.564. The van der Waals surface area contributed by atoms with E-state index in [1.165, 1.54) is 29.2 Å². The molecule has 0 radical (unpaired) electrons. The minimum absolute atomic E-state index is 0.158. The van der Waals surface area contributed by atoms with Gasteiger partial charge in [0.15, 0.2) is 5.75 Å². The average molecular weight is 557 g/mol. The number of hydrogen-bond donors (Lipinski definition) is 3. The molecular weight excluding hydrogens is 519 g/mol. The molecule has 0 spiro atoms. The molecule has 2 aliphatic rings. The number of carbonyl (C=O) groups excluding carboxylic acids is 3. The topological polar surface area (TPSA) is 120 Å². The monoisotopic (exact) mass is 556 g/mol. The van der Waals surface area contributed by atoms with E-state index in [9.17, 15) is 23.9 Å². The first-order valence-electron chi connectivity index (χ1n) is 13.6. The van der Waals surface area contributed by atoms with Crippen LogP contribution in [0.5, 0.6) is 5.75 Å². The van der Waals surface area contributed by atoms with Gasteiger partial charge < -0.3 is 35.0 Å². The van der Waals surface area contributed by atoms with Crippen molar-refractivity contribution in [1.29, 1.82) is 0 Å². The number of urea groups is 1. The van der Waals surface area contributed by atoms with Crippen molar-refractivity contribution in [2.45, 2.75) is 38.8 Å². The van der Waals surface area contributed by atoms with Crippen LogP contribution in [0.25, 0.3) is 0 Å². The second kappa shape index (κ2) is 13.1. The molecular formula is C29H37FN4O6. The summed E-state index contributed by atoms with van der Waals surface area (Å²) in [6.45, 7) is 4.93. The Hall–Kier alpha value is -3.70. The van der Waals surface area contributed by atoms with E-state index in [1.807, 2.05) is 6.92 Å². The van der Waals surface area contributed by atoms with Gasteiger partial charge in [-0.2, -0.15) is 0 Å². The summed E-state index contributed by atoms with van der Waals surface area (Å²) in [7, 11) is 1.62. The Morgan fingerprint density at radius 3 is 2.52 bits per heavy atom. The molecule has 2 aromatic rings. The lowest BCUT2D eigenvalue weighted by Crippen LogP contribution is -2.50. The fraction of sp³-hybridized carbons (Fsp3) is 0.483. The first-order valence-corrected chi connectivity index (χ1v) is 13.6. The molecule has 4 rings (SSSR count). The molecule has 0 aliphatic carbocycles. The van der Waals surface area contributed by atoms with E-state index in [2.05, 4.69) is 10.6 Å². The van der Waals surface area contributed by atoms with E-state index in [4.69, 9.17) is 9.47 Å². The van der Waals surface area contributed by atoms with Crippen molar-refractivity contribution in [3.05, 3.63) is 53.8 Å². The van der Waals surface area contributed by atoms with Crippen molar-refractivity contribution in [1.82, 2.24) is 9.80 Å². The standard InChI is InChI=1S/C29H37FN4O6/c1-18-15-34(19(2)17-35)28(37)23-5-4-6-24(32-27(36)20-11-13-39-14-12-20)26(23)40-25(18)16-33(3)29(38)31-22-9-7-21(30)8-10-22/h4-10,18-20,25,35H,11-17H2,1-3H3,(H,31,38)(H,32,36)/t18-,19-,25-/m0/s1. The van der Waals surface area contributed by atoms with Crippen LogP contribution in [0.2, 0.25) is 0 Å². The number of likely N-dealkylation sites (N-methyl/N-ethyl adjacent to an activating group) is 1. The molecule has 0 unspecified atom stereocenters. The van der Waals surface area contributed by atoms with Crippen molar-refractivity contribution >= 4 is 29.2 Å². The number of ether oxygens (including phenoxy) is 2. The molecule has 40 heavy (non-hydrogen) atoms. The largest absolute Gasteiger partial charge is 0.485 e. The number of nitrogens with one attached hydrogen (secondary N) is 2. The number of nitrogens with zero attached hydrogens (tertiary/aromatic N) is 2. The van der Waals surface area contributed by atoms with Crippen molar-refractivity contribution in [2.75, 3.05) is 50.6 Å². The molecule has 2 heterocycles. The van der Waals surface area contributed by atoms with Crippen LogP contribution in [0, 0.1) is 17.7 Å². The highest BCUT2D eigenvalue weighted by molar-refractivity contribution is 6.02. The van der Waals surface area contributed by atoms with Gasteiger partial charge in [-0.05, 0) is 56.2 Å². The van der Waals surface area contributed by atoms with Gasteiger partial charge in [-0.25, -0.2) is 9.18 Å². The van der Waals surface area contributed by atoms with Gasteiger partial charge in [-0.15, -0.1) is 0 Å². The van der Waals surface area contributed by atoms with E-state index < -0.39 is 24.0 Å². The lowest BCUT2D eigenvalue weighted by atomic mass is 9.98. The fourth-order valence-corrected chi connectivity index (χ4v) is 4.86. The number of aliphatic hydroxyl groups excluding tert-OH is 1. The Morgan fingerprint density at radius 2 is 1.85 bits per heavy atom. The summed E-state index contributed by atoms with van der Waals surface area (Å²) in [5.74, 6) is -1.12. The molecule has 216 valence electrons. The van der Waals surface area contributed by atoms with Gasteiger partial charge in [-0.3, -0.25) is 9.59 Å². The maximum atomic E-state index is 13.6. The van der Waals surface area contributed by atoms with Crippen LogP contribution in [0.15, 0.2) is 42.5 Å². The van der Waals surface area contributed by atoms with Gasteiger partial charge >= 0.3 is 6.03 Å².